The van der Waals surface area contributed by atoms with Crippen LogP contribution in [0, 0.1) is 0 Å². The van der Waals surface area contributed by atoms with Crippen molar-refractivity contribution in [3.05, 3.63) is 0 Å². The SMILES string of the molecule is CNS(=O)(=O)NC1COCC1O. The molecule has 0 bridgehead atoms. The van der Waals surface area contributed by atoms with E-state index >= 15 is 0 Å². The van der Waals surface area contributed by atoms with Crippen LogP contribution in [0.4, 0.5) is 0 Å². The van der Waals surface area contributed by atoms with E-state index in [0.29, 0.717) is 0 Å². The van der Waals surface area contributed by atoms with Gasteiger partial charge in [-0.2, -0.15) is 13.1 Å². The van der Waals surface area contributed by atoms with Gasteiger partial charge in [0.15, 0.2) is 0 Å². The Bertz CT molecular complexity index is 240. The number of aliphatic hydroxyl groups is 1. The van der Waals surface area contributed by atoms with Crippen LogP contribution in [0.1, 0.15) is 0 Å². The predicted molar refractivity (Wildman–Crippen MR) is 41.7 cm³/mol. The number of hydrogen-bond acceptors (Lipinski definition) is 4. The molecule has 0 aromatic rings. The average molecular weight is 196 g/mol. The highest BCUT2D eigenvalue weighted by Crippen LogP contribution is 2.05. The van der Waals surface area contributed by atoms with Crippen LogP contribution >= 0.6 is 0 Å². The fraction of sp³-hybridized carbons (Fsp3) is 1.00. The quantitative estimate of drug-likeness (QED) is 0.478. The zero-order valence-electron chi connectivity index (χ0n) is 6.65. The fourth-order valence-electron chi connectivity index (χ4n) is 0.914. The summed E-state index contributed by atoms with van der Waals surface area (Å²) in [6, 6.07) is -0.539. The van der Waals surface area contributed by atoms with Crippen LogP contribution < -0.4 is 9.44 Å². The molecule has 1 rings (SSSR count). The maximum absolute atomic E-state index is 10.9. The van der Waals surface area contributed by atoms with Crippen LogP contribution in [0.15, 0.2) is 0 Å². The zero-order chi connectivity index (χ0) is 9.19. The fourth-order valence-corrected chi connectivity index (χ4v) is 1.66. The smallest absolute Gasteiger partial charge is 0.277 e. The largest absolute Gasteiger partial charge is 0.389 e. The molecule has 72 valence electrons. The first-order chi connectivity index (χ1) is 5.55. The predicted octanol–water partition coefficient (Wildman–Crippen LogP) is -2.20. The lowest BCUT2D eigenvalue weighted by Gasteiger charge is -2.13. The lowest BCUT2D eigenvalue weighted by Crippen LogP contribution is -2.46. The Morgan fingerprint density at radius 1 is 1.50 bits per heavy atom. The van der Waals surface area contributed by atoms with Gasteiger partial charge in [-0.15, -0.1) is 0 Å². The summed E-state index contributed by atoms with van der Waals surface area (Å²) in [5.41, 5.74) is 0. The van der Waals surface area contributed by atoms with Gasteiger partial charge in [0, 0.05) is 7.05 Å². The summed E-state index contributed by atoms with van der Waals surface area (Å²) >= 11 is 0. The number of hydrogen-bond donors (Lipinski definition) is 3. The van der Waals surface area contributed by atoms with E-state index < -0.39 is 22.4 Å². The minimum Gasteiger partial charge on any atom is -0.389 e. The Hall–Kier alpha value is -0.210. The molecule has 1 saturated heterocycles. The lowest BCUT2D eigenvalue weighted by atomic mass is 10.2. The van der Waals surface area contributed by atoms with E-state index in [-0.39, 0.29) is 13.2 Å². The van der Waals surface area contributed by atoms with Gasteiger partial charge in [0.1, 0.15) is 0 Å². The molecule has 0 radical (unpaired) electrons. The lowest BCUT2D eigenvalue weighted by molar-refractivity contribution is 0.124. The van der Waals surface area contributed by atoms with Crippen molar-refractivity contribution in [2.75, 3.05) is 20.3 Å². The normalized spacial score (nSPS) is 30.8. The number of rotatable bonds is 3. The molecule has 1 aliphatic rings. The minimum absolute atomic E-state index is 0.177. The van der Waals surface area contributed by atoms with Crippen molar-refractivity contribution in [3.8, 4) is 0 Å². The number of ether oxygens (including phenoxy) is 1. The first-order valence-corrected chi connectivity index (χ1v) is 5.00. The van der Waals surface area contributed by atoms with Gasteiger partial charge in [-0.05, 0) is 0 Å². The molecule has 1 fully saturated rings. The molecule has 0 saturated carbocycles. The van der Waals surface area contributed by atoms with Crippen LogP contribution in [0.25, 0.3) is 0 Å². The van der Waals surface area contributed by atoms with E-state index in [0.717, 1.165) is 0 Å². The van der Waals surface area contributed by atoms with Crippen molar-refractivity contribution in [2.24, 2.45) is 0 Å². The Morgan fingerprint density at radius 3 is 2.58 bits per heavy atom. The van der Waals surface area contributed by atoms with Gasteiger partial charge in [-0.1, -0.05) is 0 Å². The second kappa shape index (κ2) is 3.67. The van der Waals surface area contributed by atoms with Gasteiger partial charge in [0.2, 0.25) is 0 Å². The summed E-state index contributed by atoms with van der Waals surface area (Å²) in [6.45, 7) is 0.388. The van der Waals surface area contributed by atoms with Crippen LogP contribution in [0.2, 0.25) is 0 Å². The topological polar surface area (TPSA) is 87.7 Å². The maximum Gasteiger partial charge on any atom is 0.277 e. The van der Waals surface area contributed by atoms with Crippen molar-refractivity contribution in [1.82, 2.24) is 9.44 Å². The summed E-state index contributed by atoms with van der Waals surface area (Å²) < 4.78 is 31.0. The van der Waals surface area contributed by atoms with E-state index in [1.165, 1.54) is 7.05 Å². The molecule has 0 aromatic carbocycles. The third kappa shape index (κ3) is 2.39. The molecule has 3 N–H and O–H groups in total. The van der Waals surface area contributed by atoms with E-state index in [4.69, 9.17) is 9.84 Å². The molecule has 0 aliphatic carbocycles. The second-order valence-electron chi connectivity index (χ2n) is 2.54. The minimum atomic E-state index is -3.48. The molecule has 1 heterocycles. The monoisotopic (exact) mass is 196 g/mol. The molecule has 1 aliphatic heterocycles. The standard InChI is InChI=1S/C5H12N2O4S/c1-6-12(9,10)7-4-2-11-3-5(4)8/h4-8H,2-3H2,1H3. The summed E-state index contributed by atoms with van der Waals surface area (Å²) in [4.78, 5) is 0. The zero-order valence-corrected chi connectivity index (χ0v) is 7.47. The second-order valence-corrected chi connectivity index (χ2v) is 4.19. The Labute approximate surface area is 71.1 Å². The van der Waals surface area contributed by atoms with Gasteiger partial charge < -0.3 is 9.84 Å². The average Bonchev–Trinajstić information content (AvgIpc) is 2.36. The van der Waals surface area contributed by atoms with Gasteiger partial charge in [-0.3, -0.25) is 0 Å². The van der Waals surface area contributed by atoms with Gasteiger partial charge in [-0.25, -0.2) is 4.72 Å². The number of nitrogens with one attached hydrogen (secondary N) is 2. The van der Waals surface area contributed by atoms with Gasteiger partial charge in [0.25, 0.3) is 10.2 Å². The summed E-state index contributed by atoms with van der Waals surface area (Å²) in [5.74, 6) is 0. The van der Waals surface area contributed by atoms with Gasteiger partial charge in [0.05, 0.1) is 25.4 Å². The van der Waals surface area contributed by atoms with Crippen LogP contribution in [0.3, 0.4) is 0 Å². The van der Waals surface area contributed by atoms with Crippen molar-refractivity contribution in [1.29, 1.82) is 0 Å². The van der Waals surface area contributed by atoms with Crippen molar-refractivity contribution in [2.45, 2.75) is 12.1 Å². The highest BCUT2D eigenvalue weighted by Gasteiger charge is 2.29. The molecule has 0 amide bonds. The third-order valence-corrected chi connectivity index (χ3v) is 2.78. The molecule has 2 atom stereocenters. The van der Waals surface area contributed by atoms with Crippen molar-refractivity contribution >= 4 is 10.2 Å². The summed E-state index contributed by atoms with van der Waals surface area (Å²) in [6.07, 6.45) is -0.756. The number of aliphatic hydroxyl groups excluding tert-OH is 1. The first-order valence-electron chi connectivity index (χ1n) is 3.52. The molecular formula is C5H12N2O4S. The molecule has 12 heavy (non-hydrogen) atoms. The molecule has 0 aromatic heterocycles. The molecule has 0 spiro atoms. The molecule has 7 heteroatoms. The Balaban J connectivity index is 2.51. The maximum atomic E-state index is 10.9. The highest BCUT2D eigenvalue weighted by atomic mass is 32.2. The van der Waals surface area contributed by atoms with Crippen molar-refractivity contribution < 1.29 is 18.3 Å². The summed E-state index contributed by atoms with van der Waals surface area (Å²) in [5, 5.41) is 9.17. The van der Waals surface area contributed by atoms with Crippen LogP contribution in [-0.2, 0) is 14.9 Å². The third-order valence-electron chi connectivity index (χ3n) is 1.63. The molecular weight excluding hydrogens is 184 g/mol. The Kier molecular flexibility index (Phi) is 3.02. The van der Waals surface area contributed by atoms with Crippen LogP contribution in [-0.4, -0.2) is 45.9 Å². The van der Waals surface area contributed by atoms with E-state index in [9.17, 15) is 8.42 Å². The highest BCUT2D eigenvalue weighted by molar-refractivity contribution is 7.87. The van der Waals surface area contributed by atoms with E-state index in [1.54, 1.807) is 0 Å². The summed E-state index contributed by atoms with van der Waals surface area (Å²) in [7, 11) is -2.18. The van der Waals surface area contributed by atoms with E-state index in [1.807, 2.05) is 0 Å². The molecule has 2 unspecified atom stereocenters. The molecule has 6 nitrogen and oxygen atoms in total. The van der Waals surface area contributed by atoms with Gasteiger partial charge >= 0.3 is 0 Å². The van der Waals surface area contributed by atoms with E-state index in [2.05, 4.69) is 9.44 Å². The van der Waals surface area contributed by atoms with Crippen molar-refractivity contribution in [3.63, 3.8) is 0 Å². The Morgan fingerprint density at radius 2 is 2.17 bits per heavy atom. The first kappa shape index (κ1) is 9.87. The van der Waals surface area contributed by atoms with Crippen LogP contribution in [0.5, 0.6) is 0 Å².